The van der Waals surface area contributed by atoms with Gasteiger partial charge in [0.15, 0.2) is 0 Å². The Balaban J connectivity index is 1.62. The fourth-order valence-electron chi connectivity index (χ4n) is 2.59. The molecule has 5 heteroatoms. The molecule has 3 rings (SSSR count). The maximum absolute atomic E-state index is 12.3. The quantitative estimate of drug-likeness (QED) is 0.642. The van der Waals surface area contributed by atoms with Crippen molar-refractivity contribution in [3.63, 3.8) is 0 Å². The van der Waals surface area contributed by atoms with Crippen LogP contribution in [0.5, 0.6) is 5.75 Å². The van der Waals surface area contributed by atoms with Gasteiger partial charge in [0.05, 0.1) is 4.90 Å². The Kier molecular flexibility index (Phi) is 5.71. The number of para-hydroxylation sites is 1. The van der Waals surface area contributed by atoms with E-state index >= 15 is 0 Å². The van der Waals surface area contributed by atoms with Gasteiger partial charge in [-0.25, -0.2) is 13.1 Å². The molecule has 0 aliphatic rings. The number of hydrogen-bond donors (Lipinski definition) is 1. The summed E-state index contributed by atoms with van der Waals surface area (Å²) in [5.74, 6) is 0.730. The van der Waals surface area contributed by atoms with Crippen LogP contribution in [0, 0.1) is 6.92 Å². The average molecular weight is 367 g/mol. The maximum Gasteiger partial charge on any atom is 0.240 e. The average Bonchev–Trinajstić information content (AvgIpc) is 2.67. The molecular formula is C21H21NO3S. The first-order chi connectivity index (χ1) is 12.6. The number of sulfonamides is 1. The summed E-state index contributed by atoms with van der Waals surface area (Å²) in [6.45, 7) is 2.36. The fourth-order valence-corrected chi connectivity index (χ4v) is 3.60. The smallest absolute Gasteiger partial charge is 0.240 e. The van der Waals surface area contributed by atoms with Crippen molar-refractivity contribution in [1.29, 1.82) is 0 Å². The van der Waals surface area contributed by atoms with E-state index in [0.717, 1.165) is 22.4 Å². The van der Waals surface area contributed by atoms with Crippen molar-refractivity contribution >= 4 is 10.0 Å². The minimum atomic E-state index is -3.52. The number of nitrogens with one attached hydrogen (secondary N) is 1. The van der Waals surface area contributed by atoms with E-state index in [0.29, 0.717) is 0 Å². The van der Waals surface area contributed by atoms with Crippen LogP contribution in [0.1, 0.15) is 5.56 Å². The highest BCUT2D eigenvalue weighted by molar-refractivity contribution is 7.89. The van der Waals surface area contributed by atoms with E-state index < -0.39 is 10.0 Å². The van der Waals surface area contributed by atoms with E-state index in [2.05, 4.69) is 4.72 Å². The van der Waals surface area contributed by atoms with Gasteiger partial charge in [0.2, 0.25) is 10.0 Å². The summed E-state index contributed by atoms with van der Waals surface area (Å²) < 4.78 is 32.9. The molecule has 0 aliphatic heterocycles. The zero-order valence-electron chi connectivity index (χ0n) is 14.6. The van der Waals surface area contributed by atoms with E-state index in [1.165, 1.54) is 0 Å². The Morgan fingerprint density at radius 2 is 1.50 bits per heavy atom. The van der Waals surface area contributed by atoms with Gasteiger partial charge in [-0.2, -0.15) is 0 Å². The van der Waals surface area contributed by atoms with Crippen molar-refractivity contribution in [2.45, 2.75) is 11.8 Å². The number of ether oxygens (including phenoxy) is 1. The third-order valence-electron chi connectivity index (χ3n) is 3.95. The second kappa shape index (κ2) is 8.17. The van der Waals surface area contributed by atoms with Crippen LogP contribution in [0.3, 0.4) is 0 Å². The number of aryl methyl sites for hydroxylation is 1. The van der Waals surface area contributed by atoms with Gasteiger partial charge in [0.25, 0.3) is 0 Å². The highest BCUT2D eigenvalue weighted by atomic mass is 32.2. The van der Waals surface area contributed by atoms with Gasteiger partial charge in [0, 0.05) is 12.1 Å². The molecule has 0 radical (unpaired) electrons. The molecule has 26 heavy (non-hydrogen) atoms. The van der Waals surface area contributed by atoms with Crippen LogP contribution in [0.4, 0.5) is 0 Å². The van der Waals surface area contributed by atoms with E-state index in [9.17, 15) is 8.42 Å². The first kappa shape index (κ1) is 18.2. The molecule has 1 N–H and O–H groups in total. The van der Waals surface area contributed by atoms with E-state index in [4.69, 9.17) is 4.74 Å². The van der Waals surface area contributed by atoms with Crippen LogP contribution in [-0.4, -0.2) is 21.6 Å². The number of hydrogen-bond acceptors (Lipinski definition) is 3. The number of rotatable bonds is 7. The molecule has 4 nitrogen and oxygen atoms in total. The molecule has 0 fully saturated rings. The summed E-state index contributed by atoms with van der Waals surface area (Å²) in [4.78, 5) is 0.257. The summed E-state index contributed by atoms with van der Waals surface area (Å²) in [6, 6.07) is 24.4. The second-order valence-corrected chi connectivity index (χ2v) is 7.69. The normalized spacial score (nSPS) is 11.3. The molecular weight excluding hydrogens is 346 g/mol. The predicted molar refractivity (Wildman–Crippen MR) is 104 cm³/mol. The zero-order chi connectivity index (χ0) is 18.4. The zero-order valence-corrected chi connectivity index (χ0v) is 15.4. The Morgan fingerprint density at radius 3 is 2.23 bits per heavy atom. The molecule has 0 bridgehead atoms. The summed E-state index contributed by atoms with van der Waals surface area (Å²) in [5.41, 5.74) is 3.06. The van der Waals surface area contributed by atoms with Gasteiger partial charge >= 0.3 is 0 Å². The lowest BCUT2D eigenvalue weighted by atomic mass is 10.1. The van der Waals surface area contributed by atoms with Gasteiger partial charge in [0.1, 0.15) is 12.4 Å². The van der Waals surface area contributed by atoms with Crippen molar-refractivity contribution in [3.05, 3.63) is 84.4 Å². The van der Waals surface area contributed by atoms with Gasteiger partial charge < -0.3 is 4.74 Å². The molecule has 3 aromatic rings. The standard InChI is InChI=1S/C21H21NO3S/c1-17-11-13-19(14-12-17)26(23,24)22-15-16-25-21-10-6-5-9-20(21)18-7-3-2-4-8-18/h2-14,22H,15-16H2,1H3. The van der Waals surface area contributed by atoms with E-state index in [1.54, 1.807) is 24.3 Å². The lowest BCUT2D eigenvalue weighted by molar-refractivity contribution is 0.324. The topological polar surface area (TPSA) is 55.4 Å². The summed E-state index contributed by atoms with van der Waals surface area (Å²) in [7, 11) is -3.52. The molecule has 0 amide bonds. The van der Waals surface area contributed by atoms with Crippen molar-refractivity contribution in [1.82, 2.24) is 4.72 Å². The molecule has 0 atom stereocenters. The van der Waals surface area contributed by atoms with Crippen LogP contribution in [-0.2, 0) is 10.0 Å². The maximum atomic E-state index is 12.3. The second-order valence-electron chi connectivity index (χ2n) is 5.92. The van der Waals surface area contributed by atoms with Crippen molar-refractivity contribution in [2.75, 3.05) is 13.2 Å². The van der Waals surface area contributed by atoms with Crippen LogP contribution in [0.2, 0.25) is 0 Å². The van der Waals surface area contributed by atoms with Crippen LogP contribution in [0.25, 0.3) is 11.1 Å². The third kappa shape index (κ3) is 4.50. The van der Waals surface area contributed by atoms with Gasteiger partial charge in [-0.1, -0.05) is 66.2 Å². The lowest BCUT2D eigenvalue weighted by Crippen LogP contribution is -2.28. The highest BCUT2D eigenvalue weighted by Gasteiger charge is 2.13. The minimum Gasteiger partial charge on any atom is -0.492 e. The third-order valence-corrected chi connectivity index (χ3v) is 5.43. The number of benzene rings is 3. The lowest BCUT2D eigenvalue weighted by Gasteiger charge is -2.12. The molecule has 0 unspecified atom stereocenters. The van der Waals surface area contributed by atoms with E-state index in [-0.39, 0.29) is 18.0 Å². The highest BCUT2D eigenvalue weighted by Crippen LogP contribution is 2.29. The molecule has 0 saturated carbocycles. The Bertz CT molecular complexity index is 952. The molecule has 0 aromatic heterocycles. The van der Waals surface area contributed by atoms with Crippen molar-refractivity contribution < 1.29 is 13.2 Å². The Hall–Kier alpha value is -2.63. The monoisotopic (exact) mass is 367 g/mol. The minimum absolute atomic E-state index is 0.194. The summed E-state index contributed by atoms with van der Waals surface area (Å²) in [5, 5.41) is 0. The van der Waals surface area contributed by atoms with Crippen LogP contribution < -0.4 is 9.46 Å². The molecule has 134 valence electrons. The molecule has 0 heterocycles. The molecule has 3 aromatic carbocycles. The van der Waals surface area contributed by atoms with Crippen LogP contribution >= 0.6 is 0 Å². The molecule has 0 aliphatic carbocycles. The Morgan fingerprint density at radius 1 is 0.846 bits per heavy atom. The first-order valence-electron chi connectivity index (χ1n) is 8.40. The molecule has 0 saturated heterocycles. The van der Waals surface area contributed by atoms with Crippen molar-refractivity contribution in [2.24, 2.45) is 0 Å². The SMILES string of the molecule is Cc1ccc(S(=O)(=O)NCCOc2ccccc2-c2ccccc2)cc1. The fraction of sp³-hybridized carbons (Fsp3) is 0.143. The van der Waals surface area contributed by atoms with Crippen LogP contribution in [0.15, 0.2) is 83.8 Å². The van der Waals surface area contributed by atoms with Gasteiger partial charge in [-0.3, -0.25) is 0 Å². The van der Waals surface area contributed by atoms with Gasteiger partial charge in [-0.15, -0.1) is 0 Å². The van der Waals surface area contributed by atoms with E-state index in [1.807, 2.05) is 61.5 Å². The molecule has 0 spiro atoms. The summed E-state index contributed by atoms with van der Waals surface area (Å²) in [6.07, 6.45) is 0. The van der Waals surface area contributed by atoms with Gasteiger partial charge in [-0.05, 0) is 30.7 Å². The first-order valence-corrected chi connectivity index (χ1v) is 9.88. The van der Waals surface area contributed by atoms with Crippen molar-refractivity contribution in [3.8, 4) is 16.9 Å². The summed E-state index contributed by atoms with van der Waals surface area (Å²) >= 11 is 0. The predicted octanol–water partition coefficient (Wildman–Crippen LogP) is 4.02. The Labute approximate surface area is 154 Å². The largest absolute Gasteiger partial charge is 0.492 e.